The minimum atomic E-state index is -0.126. The van der Waals surface area contributed by atoms with Crippen LogP contribution >= 0.6 is 27.5 Å². The Bertz CT molecular complexity index is 422. The van der Waals surface area contributed by atoms with Crippen LogP contribution in [0, 0.1) is 0 Å². The lowest BCUT2D eigenvalue weighted by Crippen LogP contribution is -2.47. The minimum absolute atomic E-state index is 0.0741. The molecule has 0 heterocycles. The van der Waals surface area contributed by atoms with Crippen molar-refractivity contribution in [3.05, 3.63) is 33.3 Å². The van der Waals surface area contributed by atoms with Gasteiger partial charge in [0.25, 0.3) is 5.91 Å². The van der Waals surface area contributed by atoms with E-state index in [0.717, 1.165) is 23.7 Å². The molecule has 1 amide bonds. The molecule has 0 atom stereocenters. The number of carbonyl (C=O) groups excluding carboxylic acids is 1. The van der Waals surface area contributed by atoms with Gasteiger partial charge in [-0.05, 0) is 53.4 Å². The van der Waals surface area contributed by atoms with E-state index in [2.05, 4.69) is 42.0 Å². The minimum Gasteiger partial charge on any atom is -0.347 e. The molecule has 0 aliphatic carbocycles. The van der Waals surface area contributed by atoms with Crippen molar-refractivity contribution in [1.82, 2.24) is 5.32 Å². The Morgan fingerprint density at radius 2 is 1.83 bits per heavy atom. The van der Waals surface area contributed by atoms with Crippen molar-refractivity contribution >= 4 is 33.4 Å². The van der Waals surface area contributed by atoms with Crippen molar-refractivity contribution in [3.63, 3.8) is 0 Å². The SMILES string of the molecule is CCC(CC)(CC)NC(=O)c1cc(Cl)ccc1Br. The van der Waals surface area contributed by atoms with Crippen LogP contribution in [-0.2, 0) is 0 Å². The number of nitrogens with one attached hydrogen (secondary N) is 1. The van der Waals surface area contributed by atoms with E-state index in [-0.39, 0.29) is 11.4 Å². The van der Waals surface area contributed by atoms with Gasteiger partial charge in [0.2, 0.25) is 0 Å². The smallest absolute Gasteiger partial charge is 0.252 e. The van der Waals surface area contributed by atoms with Crippen molar-refractivity contribution in [2.45, 2.75) is 45.6 Å². The molecule has 0 spiro atoms. The summed E-state index contributed by atoms with van der Waals surface area (Å²) in [5, 5.41) is 3.70. The lowest BCUT2D eigenvalue weighted by Gasteiger charge is -2.32. The van der Waals surface area contributed by atoms with E-state index in [4.69, 9.17) is 11.6 Å². The summed E-state index contributed by atoms with van der Waals surface area (Å²) in [7, 11) is 0. The Balaban J connectivity index is 2.97. The predicted molar refractivity (Wildman–Crippen MR) is 80.2 cm³/mol. The van der Waals surface area contributed by atoms with Crippen molar-refractivity contribution in [2.24, 2.45) is 0 Å². The van der Waals surface area contributed by atoms with Gasteiger partial charge in [-0.1, -0.05) is 32.4 Å². The number of rotatable bonds is 5. The Morgan fingerprint density at radius 1 is 1.28 bits per heavy atom. The van der Waals surface area contributed by atoms with Gasteiger partial charge in [-0.15, -0.1) is 0 Å². The van der Waals surface area contributed by atoms with E-state index < -0.39 is 0 Å². The lowest BCUT2D eigenvalue weighted by atomic mass is 9.89. The predicted octanol–water partition coefficient (Wildman–Crippen LogP) is 4.80. The molecule has 2 nitrogen and oxygen atoms in total. The number of hydrogen-bond acceptors (Lipinski definition) is 1. The van der Waals surface area contributed by atoms with Gasteiger partial charge in [0.05, 0.1) is 5.56 Å². The average molecular weight is 333 g/mol. The highest BCUT2D eigenvalue weighted by molar-refractivity contribution is 9.10. The van der Waals surface area contributed by atoms with Crippen LogP contribution in [0.15, 0.2) is 22.7 Å². The highest BCUT2D eigenvalue weighted by atomic mass is 79.9. The second-order valence-corrected chi connectivity index (χ2v) is 5.71. The van der Waals surface area contributed by atoms with E-state index in [0.29, 0.717) is 10.6 Å². The second kappa shape index (κ2) is 6.58. The molecule has 0 aliphatic heterocycles. The molecule has 0 bridgehead atoms. The molecule has 0 radical (unpaired) electrons. The summed E-state index contributed by atoms with van der Waals surface area (Å²) in [6, 6.07) is 5.24. The summed E-state index contributed by atoms with van der Waals surface area (Å²) in [6.45, 7) is 6.29. The maximum atomic E-state index is 12.3. The zero-order chi connectivity index (χ0) is 13.8. The molecule has 0 aliphatic rings. The van der Waals surface area contributed by atoms with Gasteiger partial charge in [0, 0.05) is 15.0 Å². The molecule has 1 N–H and O–H groups in total. The lowest BCUT2D eigenvalue weighted by molar-refractivity contribution is 0.0887. The van der Waals surface area contributed by atoms with Gasteiger partial charge < -0.3 is 5.32 Å². The quantitative estimate of drug-likeness (QED) is 0.824. The van der Waals surface area contributed by atoms with Crippen LogP contribution in [0.25, 0.3) is 0 Å². The van der Waals surface area contributed by atoms with E-state index in [1.54, 1.807) is 18.2 Å². The molecule has 1 aromatic rings. The fourth-order valence-corrected chi connectivity index (χ4v) is 2.59. The normalized spacial score (nSPS) is 11.4. The molecule has 100 valence electrons. The number of carbonyl (C=O) groups is 1. The zero-order valence-electron chi connectivity index (χ0n) is 11.0. The summed E-state index contributed by atoms with van der Waals surface area (Å²) >= 11 is 9.32. The van der Waals surface area contributed by atoms with Crippen LogP contribution < -0.4 is 5.32 Å². The second-order valence-electron chi connectivity index (χ2n) is 4.42. The van der Waals surface area contributed by atoms with Crippen LogP contribution in [0.5, 0.6) is 0 Å². The molecular weight excluding hydrogens is 314 g/mol. The summed E-state index contributed by atoms with van der Waals surface area (Å²) in [5.74, 6) is -0.0741. The van der Waals surface area contributed by atoms with Crippen molar-refractivity contribution in [3.8, 4) is 0 Å². The summed E-state index contributed by atoms with van der Waals surface area (Å²) in [6.07, 6.45) is 2.76. The van der Waals surface area contributed by atoms with Crippen molar-refractivity contribution < 1.29 is 4.79 Å². The molecule has 1 rings (SSSR count). The number of hydrogen-bond donors (Lipinski definition) is 1. The molecule has 0 aromatic heterocycles. The molecular formula is C14H19BrClNO. The van der Waals surface area contributed by atoms with E-state index >= 15 is 0 Å². The Labute approximate surface area is 122 Å². The third-order valence-corrected chi connectivity index (χ3v) is 4.51. The van der Waals surface area contributed by atoms with E-state index in [9.17, 15) is 4.79 Å². The molecule has 0 fully saturated rings. The number of amides is 1. The number of benzene rings is 1. The molecule has 0 saturated heterocycles. The highest BCUT2D eigenvalue weighted by Gasteiger charge is 2.26. The first-order chi connectivity index (χ1) is 8.48. The monoisotopic (exact) mass is 331 g/mol. The average Bonchev–Trinajstić information content (AvgIpc) is 2.38. The van der Waals surface area contributed by atoms with E-state index in [1.165, 1.54) is 0 Å². The number of halogens is 2. The van der Waals surface area contributed by atoms with Crippen LogP contribution in [0.1, 0.15) is 50.4 Å². The van der Waals surface area contributed by atoms with E-state index in [1.807, 2.05) is 0 Å². The standard InChI is InChI=1S/C14H19BrClNO/c1-4-14(5-2,6-3)17-13(18)11-9-10(16)7-8-12(11)15/h7-9H,4-6H2,1-3H3,(H,17,18). The van der Waals surface area contributed by atoms with Crippen LogP contribution in [0.2, 0.25) is 5.02 Å². The zero-order valence-corrected chi connectivity index (χ0v) is 13.4. The highest BCUT2D eigenvalue weighted by Crippen LogP contribution is 2.24. The Morgan fingerprint density at radius 3 is 2.33 bits per heavy atom. The van der Waals surface area contributed by atoms with Gasteiger partial charge >= 0.3 is 0 Å². The fourth-order valence-electron chi connectivity index (χ4n) is 1.99. The fraction of sp³-hybridized carbons (Fsp3) is 0.500. The first-order valence-electron chi connectivity index (χ1n) is 6.25. The molecule has 0 unspecified atom stereocenters. The van der Waals surface area contributed by atoms with Crippen molar-refractivity contribution in [1.29, 1.82) is 0 Å². The van der Waals surface area contributed by atoms with Gasteiger partial charge in [-0.2, -0.15) is 0 Å². The third-order valence-electron chi connectivity index (χ3n) is 3.58. The summed E-state index contributed by atoms with van der Waals surface area (Å²) in [5.41, 5.74) is 0.459. The van der Waals surface area contributed by atoms with Crippen LogP contribution in [-0.4, -0.2) is 11.4 Å². The molecule has 1 aromatic carbocycles. The van der Waals surface area contributed by atoms with Crippen LogP contribution in [0.3, 0.4) is 0 Å². The molecule has 4 heteroatoms. The Hall–Kier alpha value is -0.540. The van der Waals surface area contributed by atoms with Crippen LogP contribution in [0.4, 0.5) is 0 Å². The first kappa shape index (κ1) is 15.5. The van der Waals surface area contributed by atoms with Gasteiger partial charge in [0.15, 0.2) is 0 Å². The maximum absolute atomic E-state index is 12.3. The molecule has 18 heavy (non-hydrogen) atoms. The van der Waals surface area contributed by atoms with Crippen molar-refractivity contribution in [2.75, 3.05) is 0 Å². The summed E-state index contributed by atoms with van der Waals surface area (Å²) < 4.78 is 0.765. The molecule has 0 saturated carbocycles. The Kier molecular flexibility index (Phi) is 5.67. The first-order valence-corrected chi connectivity index (χ1v) is 7.42. The third kappa shape index (κ3) is 3.48. The maximum Gasteiger partial charge on any atom is 0.252 e. The van der Waals surface area contributed by atoms with Gasteiger partial charge in [0.1, 0.15) is 0 Å². The largest absolute Gasteiger partial charge is 0.347 e. The van der Waals surface area contributed by atoms with Gasteiger partial charge in [-0.25, -0.2) is 0 Å². The topological polar surface area (TPSA) is 29.1 Å². The van der Waals surface area contributed by atoms with Gasteiger partial charge in [-0.3, -0.25) is 4.79 Å². The summed E-state index contributed by atoms with van der Waals surface area (Å²) in [4.78, 5) is 12.3.